The Labute approximate surface area is 208 Å². The predicted molar refractivity (Wildman–Crippen MR) is 136 cm³/mol. The Morgan fingerprint density at radius 1 is 1.03 bits per heavy atom. The van der Waals surface area contributed by atoms with E-state index in [0.29, 0.717) is 34.7 Å². The van der Waals surface area contributed by atoms with Crippen molar-refractivity contribution in [3.8, 4) is 11.5 Å². The minimum absolute atomic E-state index is 0.00617. The summed E-state index contributed by atoms with van der Waals surface area (Å²) in [6.07, 6.45) is 0.706. The average molecular weight is 498 g/mol. The Morgan fingerprint density at radius 3 is 2.78 bits per heavy atom. The summed E-state index contributed by atoms with van der Waals surface area (Å²) < 4.78 is 11.9. The minimum Gasteiger partial charge on any atom is -0.454 e. The predicted octanol–water partition coefficient (Wildman–Crippen LogP) is 5.81. The molecule has 0 bridgehead atoms. The van der Waals surface area contributed by atoms with Gasteiger partial charge >= 0.3 is 0 Å². The molecule has 0 saturated heterocycles. The number of nitro groups is 1. The Morgan fingerprint density at radius 2 is 1.89 bits per heavy atom. The van der Waals surface area contributed by atoms with Crippen molar-refractivity contribution in [3.05, 3.63) is 98.5 Å². The Kier molecular flexibility index (Phi) is 4.55. The van der Waals surface area contributed by atoms with E-state index < -0.39 is 4.92 Å². The van der Waals surface area contributed by atoms with Gasteiger partial charge in [-0.3, -0.25) is 14.9 Å². The number of thiophene rings is 1. The number of non-ortho nitro benzene ring substituents is 1. The third-order valence-electron chi connectivity index (χ3n) is 6.95. The fraction of sp³-hybridized carbons (Fsp3) is 0.148. The normalized spacial score (nSPS) is 16.4. The molecule has 1 atom stereocenters. The summed E-state index contributed by atoms with van der Waals surface area (Å²) in [6, 6.07) is 20.1. The number of fused-ring (bicyclic) bond motifs is 5. The highest BCUT2D eigenvalue weighted by atomic mass is 32.1. The van der Waals surface area contributed by atoms with Crippen LogP contribution in [0.4, 0.5) is 5.69 Å². The highest BCUT2D eigenvalue weighted by molar-refractivity contribution is 7.20. The number of benzene rings is 3. The number of nitrogens with zero attached hydrogens (tertiary/aromatic N) is 2. The standard InChI is InChI=1S/C27H19N3O5S/c31-27(24-13-18-20(30(32)33)6-3-7-23(18)36-24)29-11-10-17-16-4-1-2-5-19(16)28-25(17)26(29)15-8-9-21-22(12-15)35-14-34-21/h1-9,12-13,26,28H,10-11,14H2. The van der Waals surface area contributed by atoms with Crippen LogP contribution in [0, 0.1) is 10.1 Å². The maximum absolute atomic E-state index is 14.0. The van der Waals surface area contributed by atoms with Crippen LogP contribution in [-0.2, 0) is 6.42 Å². The van der Waals surface area contributed by atoms with Crippen LogP contribution >= 0.6 is 11.3 Å². The van der Waals surface area contributed by atoms with E-state index in [9.17, 15) is 14.9 Å². The largest absolute Gasteiger partial charge is 0.454 e. The lowest BCUT2D eigenvalue weighted by Crippen LogP contribution is -2.40. The maximum Gasteiger partial charge on any atom is 0.278 e. The number of nitrogens with one attached hydrogen (secondary N) is 1. The third-order valence-corrected chi connectivity index (χ3v) is 8.04. The number of amides is 1. The van der Waals surface area contributed by atoms with Gasteiger partial charge in [-0.15, -0.1) is 11.3 Å². The topological polar surface area (TPSA) is 97.7 Å². The number of carbonyl (C=O) groups is 1. The number of aromatic nitrogens is 1. The van der Waals surface area contributed by atoms with Gasteiger partial charge in [-0.25, -0.2) is 0 Å². The SMILES string of the molecule is O=C(c1cc2c([N+](=O)[O-])cccc2s1)N1CCc2c([nH]c3ccccc23)C1c1ccc2c(c1)OCO2. The van der Waals surface area contributed by atoms with Gasteiger partial charge in [-0.1, -0.05) is 30.3 Å². The lowest BCUT2D eigenvalue weighted by atomic mass is 9.92. The molecular formula is C27H19N3O5S. The second-order valence-corrected chi connectivity index (χ2v) is 9.97. The first kappa shape index (κ1) is 21.0. The second kappa shape index (κ2) is 7.82. The van der Waals surface area contributed by atoms with Gasteiger partial charge in [0.25, 0.3) is 11.6 Å². The molecule has 2 aliphatic rings. The van der Waals surface area contributed by atoms with E-state index in [4.69, 9.17) is 9.47 Å². The molecule has 5 aromatic rings. The Bertz CT molecular complexity index is 1700. The Balaban J connectivity index is 1.37. The molecule has 3 aromatic carbocycles. The van der Waals surface area contributed by atoms with Gasteiger partial charge in [0.2, 0.25) is 6.79 Å². The molecule has 0 spiro atoms. The van der Waals surface area contributed by atoms with Gasteiger partial charge in [0.1, 0.15) is 0 Å². The molecule has 1 amide bonds. The van der Waals surface area contributed by atoms with Gasteiger partial charge in [0.05, 0.1) is 21.2 Å². The van der Waals surface area contributed by atoms with Crippen LogP contribution in [0.1, 0.15) is 32.5 Å². The monoisotopic (exact) mass is 497 g/mol. The van der Waals surface area contributed by atoms with Crippen molar-refractivity contribution >= 4 is 43.9 Å². The lowest BCUT2D eigenvalue weighted by molar-refractivity contribution is -0.383. The highest BCUT2D eigenvalue weighted by Gasteiger charge is 2.36. The van der Waals surface area contributed by atoms with Crippen LogP contribution < -0.4 is 9.47 Å². The van der Waals surface area contributed by atoms with Crippen LogP contribution in [0.2, 0.25) is 0 Å². The van der Waals surface area contributed by atoms with Crippen LogP contribution in [0.3, 0.4) is 0 Å². The molecule has 4 heterocycles. The number of H-pyrrole nitrogens is 1. The molecule has 0 saturated carbocycles. The number of para-hydroxylation sites is 1. The fourth-order valence-electron chi connectivity index (χ4n) is 5.34. The number of hydrogen-bond donors (Lipinski definition) is 1. The molecule has 0 aliphatic carbocycles. The first-order valence-corrected chi connectivity index (χ1v) is 12.4. The zero-order valence-corrected chi connectivity index (χ0v) is 19.7. The number of nitro benzene ring substituents is 1. The zero-order valence-electron chi connectivity index (χ0n) is 18.9. The summed E-state index contributed by atoms with van der Waals surface area (Å²) in [7, 11) is 0. The lowest BCUT2D eigenvalue weighted by Gasteiger charge is -2.36. The van der Waals surface area contributed by atoms with E-state index in [-0.39, 0.29) is 24.4 Å². The minimum atomic E-state index is -0.406. The zero-order chi connectivity index (χ0) is 24.4. The second-order valence-electron chi connectivity index (χ2n) is 8.88. The van der Waals surface area contributed by atoms with Crippen LogP contribution in [0.5, 0.6) is 11.5 Å². The molecule has 0 radical (unpaired) electrons. The molecule has 8 nitrogen and oxygen atoms in total. The van der Waals surface area contributed by atoms with Gasteiger partial charge in [0.15, 0.2) is 11.5 Å². The molecule has 0 fully saturated rings. The molecule has 9 heteroatoms. The highest BCUT2D eigenvalue weighted by Crippen LogP contribution is 2.43. The van der Waals surface area contributed by atoms with Crippen LogP contribution in [-0.4, -0.2) is 34.1 Å². The van der Waals surface area contributed by atoms with E-state index >= 15 is 0 Å². The van der Waals surface area contributed by atoms with Crippen molar-refractivity contribution in [2.75, 3.05) is 13.3 Å². The summed E-state index contributed by atoms with van der Waals surface area (Å²) in [4.78, 5) is 31.0. The van der Waals surface area contributed by atoms with Crippen molar-refractivity contribution < 1.29 is 19.2 Å². The first-order chi connectivity index (χ1) is 17.6. The molecule has 2 aliphatic heterocycles. The molecular weight excluding hydrogens is 478 g/mol. The number of ether oxygens (including phenoxy) is 2. The molecule has 2 aromatic heterocycles. The van der Waals surface area contributed by atoms with Crippen LogP contribution in [0.25, 0.3) is 21.0 Å². The van der Waals surface area contributed by atoms with Gasteiger partial charge in [0, 0.05) is 33.9 Å². The Hall–Kier alpha value is -4.37. The molecule has 178 valence electrons. The fourth-order valence-corrected chi connectivity index (χ4v) is 6.38. The molecule has 36 heavy (non-hydrogen) atoms. The summed E-state index contributed by atoms with van der Waals surface area (Å²) in [5, 5.41) is 13.2. The van der Waals surface area contributed by atoms with Crippen molar-refractivity contribution in [3.63, 3.8) is 0 Å². The molecule has 1 unspecified atom stereocenters. The number of hydrogen-bond acceptors (Lipinski definition) is 6. The summed E-state index contributed by atoms with van der Waals surface area (Å²) in [5.74, 6) is 1.18. The maximum atomic E-state index is 14.0. The number of rotatable bonds is 3. The van der Waals surface area contributed by atoms with Gasteiger partial charge in [-0.05, 0) is 47.9 Å². The van der Waals surface area contributed by atoms with Gasteiger partial charge < -0.3 is 19.4 Å². The average Bonchev–Trinajstić information content (AvgIpc) is 3.63. The van der Waals surface area contributed by atoms with Crippen molar-refractivity contribution in [2.24, 2.45) is 0 Å². The smallest absolute Gasteiger partial charge is 0.278 e. The van der Waals surface area contributed by atoms with E-state index in [2.05, 4.69) is 11.1 Å². The van der Waals surface area contributed by atoms with Crippen molar-refractivity contribution in [1.82, 2.24) is 9.88 Å². The van der Waals surface area contributed by atoms with Crippen molar-refractivity contribution in [2.45, 2.75) is 12.5 Å². The molecule has 7 rings (SSSR count). The summed E-state index contributed by atoms with van der Waals surface area (Å²) in [5.41, 5.74) is 4.12. The number of aromatic amines is 1. The van der Waals surface area contributed by atoms with E-state index in [1.807, 2.05) is 47.4 Å². The summed E-state index contributed by atoms with van der Waals surface area (Å²) >= 11 is 1.28. The van der Waals surface area contributed by atoms with E-state index in [1.54, 1.807) is 12.1 Å². The third kappa shape index (κ3) is 3.09. The quantitative estimate of drug-likeness (QED) is 0.251. The first-order valence-electron chi connectivity index (χ1n) is 11.6. The van der Waals surface area contributed by atoms with Gasteiger partial charge in [-0.2, -0.15) is 0 Å². The molecule has 1 N–H and O–H groups in total. The van der Waals surface area contributed by atoms with Crippen LogP contribution in [0.15, 0.2) is 66.7 Å². The van der Waals surface area contributed by atoms with E-state index in [1.165, 1.54) is 23.0 Å². The van der Waals surface area contributed by atoms with Crippen molar-refractivity contribution in [1.29, 1.82) is 0 Å². The van der Waals surface area contributed by atoms with E-state index in [0.717, 1.165) is 26.9 Å². The summed E-state index contributed by atoms with van der Waals surface area (Å²) in [6.45, 7) is 0.688. The number of carbonyl (C=O) groups excluding carboxylic acids is 1.